The minimum absolute atomic E-state index is 0. The van der Waals surface area contributed by atoms with Crippen LogP contribution in [0.2, 0.25) is 0 Å². The molecule has 3 N–H and O–H groups in total. The number of aromatic nitrogens is 1. The predicted molar refractivity (Wildman–Crippen MR) is 67.5 cm³/mol. The van der Waals surface area contributed by atoms with Crippen molar-refractivity contribution >= 4 is 18.3 Å². The van der Waals surface area contributed by atoms with Crippen LogP contribution in [0.5, 0.6) is 0 Å². The third-order valence-corrected chi connectivity index (χ3v) is 2.17. The molecule has 1 amide bonds. The number of carbonyl (C=O) groups is 1. The van der Waals surface area contributed by atoms with E-state index >= 15 is 0 Å². The van der Waals surface area contributed by atoms with Crippen LogP contribution in [0, 0.1) is 0 Å². The highest BCUT2D eigenvalue weighted by Crippen LogP contribution is 2.20. The molecule has 6 nitrogen and oxygen atoms in total. The monoisotopic (exact) mass is 271 g/mol. The molecule has 0 saturated heterocycles. The molecule has 0 unspecified atom stereocenters. The molecule has 0 bridgehead atoms. The Morgan fingerprint density at radius 3 is 2.94 bits per heavy atom. The van der Waals surface area contributed by atoms with Gasteiger partial charge in [0.2, 0.25) is 5.76 Å². The van der Waals surface area contributed by atoms with E-state index in [4.69, 9.17) is 14.7 Å². The SMILES string of the molecule is Cl.NCCCNC(=O)c1cc(-c2ccco2)on1. The van der Waals surface area contributed by atoms with Gasteiger partial charge in [0.1, 0.15) is 0 Å². The fourth-order valence-corrected chi connectivity index (χ4v) is 1.31. The van der Waals surface area contributed by atoms with Crippen LogP contribution in [0.4, 0.5) is 0 Å². The quantitative estimate of drug-likeness (QED) is 0.803. The molecule has 0 saturated carbocycles. The van der Waals surface area contributed by atoms with E-state index in [1.807, 2.05) is 0 Å². The normalized spacial score (nSPS) is 9.83. The minimum Gasteiger partial charge on any atom is -0.461 e. The Hall–Kier alpha value is -1.79. The average molecular weight is 272 g/mol. The minimum atomic E-state index is -0.278. The van der Waals surface area contributed by atoms with Gasteiger partial charge in [0, 0.05) is 12.6 Å². The molecule has 0 radical (unpaired) electrons. The zero-order valence-electron chi connectivity index (χ0n) is 9.59. The second-order valence-electron chi connectivity index (χ2n) is 3.45. The van der Waals surface area contributed by atoms with Crippen LogP contribution >= 0.6 is 12.4 Å². The summed E-state index contributed by atoms with van der Waals surface area (Å²) in [5.41, 5.74) is 5.55. The third kappa shape index (κ3) is 3.35. The Labute approximate surface area is 110 Å². The van der Waals surface area contributed by atoms with Gasteiger partial charge in [0.05, 0.1) is 6.26 Å². The van der Waals surface area contributed by atoms with Crippen LogP contribution in [-0.2, 0) is 0 Å². The summed E-state index contributed by atoms with van der Waals surface area (Å²) in [4.78, 5) is 11.6. The van der Waals surface area contributed by atoms with Crippen molar-refractivity contribution in [2.75, 3.05) is 13.1 Å². The van der Waals surface area contributed by atoms with Gasteiger partial charge in [-0.2, -0.15) is 0 Å². The number of nitrogens with zero attached hydrogens (tertiary/aromatic N) is 1. The Balaban J connectivity index is 0.00000162. The summed E-state index contributed by atoms with van der Waals surface area (Å²) in [5, 5.41) is 6.36. The zero-order chi connectivity index (χ0) is 12.1. The highest BCUT2D eigenvalue weighted by molar-refractivity contribution is 5.92. The Morgan fingerprint density at radius 1 is 1.44 bits per heavy atom. The number of nitrogens with one attached hydrogen (secondary N) is 1. The van der Waals surface area contributed by atoms with E-state index in [0.717, 1.165) is 6.42 Å². The van der Waals surface area contributed by atoms with E-state index in [0.29, 0.717) is 24.6 Å². The fourth-order valence-electron chi connectivity index (χ4n) is 1.31. The summed E-state index contributed by atoms with van der Waals surface area (Å²) >= 11 is 0. The standard InChI is InChI=1S/C11H13N3O3.ClH/c12-4-2-5-13-11(15)8-7-10(17-14-8)9-3-1-6-16-9;/h1,3,6-7H,2,4-5,12H2,(H,13,15);1H. The molecule has 0 fully saturated rings. The predicted octanol–water partition coefficient (Wildman–Crippen LogP) is 1.44. The van der Waals surface area contributed by atoms with Crippen LogP contribution in [0.3, 0.4) is 0 Å². The van der Waals surface area contributed by atoms with Crippen molar-refractivity contribution in [3.05, 3.63) is 30.2 Å². The highest BCUT2D eigenvalue weighted by atomic mass is 35.5. The van der Waals surface area contributed by atoms with Crippen molar-refractivity contribution in [2.24, 2.45) is 5.73 Å². The molecule has 2 heterocycles. The molecular formula is C11H14ClN3O3. The lowest BCUT2D eigenvalue weighted by molar-refractivity contribution is 0.0944. The summed E-state index contributed by atoms with van der Waals surface area (Å²) in [5.74, 6) is 0.692. The smallest absolute Gasteiger partial charge is 0.273 e. The molecule has 18 heavy (non-hydrogen) atoms. The van der Waals surface area contributed by atoms with Gasteiger partial charge in [-0.1, -0.05) is 5.16 Å². The van der Waals surface area contributed by atoms with E-state index in [1.165, 1.54) is 12.3 Å². The summed E-state index contributed by atoms with van der Waals surface area (Å²) in [6.07, 6.45) is 2.26. The Kier molecular flexibility index (Phi) is 5.41. The van der Waals surface area contributed by atoms with E-state index in [2.05, 4.69) is 10.5 Å². The summed E-state index contributed by atoms with van der Waals surface area (Å²) in [6.45, 7) is 1.06. The van der Waals surface area contributed by atoms with Gasteiger partial charge in [-0.3, -0.25) is 4.79 Å². The Morgan fingerprint density at radius 2 is 2.28 bits per heavy atom. The number of furan rings is 1. The number of rotatable bonds is 5. The number of amides is 1. The van der Waals surface area contributed by atoms with Crippen molar-refractivity contribution in [3.8, 4) is 11.5 Å². The van der Waals surface area contributed by atoms with Gasteiger partial charge >= 0.3 is 0 Å². The van der Waals surface area contributed by atoms with Gasteiger partial charge < -0.3 is 20.0 Å². The van der Waals surface area contributed by atoms with Crippen LogP contribution in [0.25, 0.3) is 11.5 Å². The summed E-state index contributed by atoms with van der Waals surface area (Å²) < 4.78 is 10.1. The second kappa shape index (κ2) is 6.83. The lowest BCUT2D eigenvalue weighted by Crippen LogP contribution is -2.26. The van der Waals surface area contributed by atoms with Crippen LogP contribution < -0.4 is 11.1 Å². The first kappa shape index (κ1) is 14.3. The third-order valence-electron chi connectivity index (χ3n) is 2.17. The lowest BCUT2D eigenvalue weighted by atomic mass is 10.3. The molecule has 7 heteroatoms. The van der Waals surface area contributed by atoms with E-state index in [-0.39, 0.29) is 24.0 Å². The number of hydrogen-bond acceptors (Lipinski definition) is 5. The lowest BCUT2D eigenvalue weighted by Gasteiger charge is -1.99. The Bertz CT molecular complexity index is 481. The molecule has 0 spiro atoms. The van der Waals surface area contributed by atoms with Gasteiger partial charge in [0.25, 0.3) is 5.91 Å². The first-order valence-electron chi connectivity index (χ1n) is 5.30. The molecule has 2 aromatic rings. The fraction of sp³-hybridized carbons (Fsp3) is 0.273. The molecule has 0 aliphatic carbocycles. The van der Waals surface area contributed by atoms with Crippen molar-refractivity contribution in [2.45, 2.75) is 6.42 Å². The molecule has 0 aromatic carbocycles. The largest absolute Gasteiger partial charge is 0.461 e. The molecule has 98 valence electrons. The van der Waals surface area contributed by atoms with Crippen molar-refractivity contribution in [1.82, 2.24) is 10.5 Å². The van der Waals surface area contributed by atoms with Gasteiger partial charge in [-0.25, -0.2) is 0 Å². The second-order valence-corrected chi connectivity index (χ2v) is 3.45. The van der Waals surface area contributed by atoms with Crippen molar-refractivity contribution < 1.29 is 13.7 Å². The maximum Gasteiger partial charge on any atom is 0.273 e. The van der Waals surface area contributed by atoms with E-state index in [1.54, 1.807) is 12.1 Å². The molecule has 0 aliphatic heterocycles. The highest BCUT2D eigenvalue weighted by Gasteiger charge is 2.14. The van der Waals surface area contributed by atoms with Crippen molar-refractivity contribution in [1.29, 1.82) is 0 Å². The van der Waals surface area contributed by atoms with Gasteiger partial charge in [0.15, 0.2) is 11.5 Å². The molecular weight excluding hydrogens is 258 g/mol. The van der Waals surface area contributed by atoms with Gasteiger partial charge in [-0.15, -0.1) is 12.4 Å². The average Bonchev–Trinajstić information content (AvgIpc) is 3.00. The zero-order valence-corrected chi connectivity index (χ0v) is 10.4. The topological polar surface area (TPSA) is 94.3 Å². The van der Waals surface area contributed by atoms with Gasteiger partial charge in [-0.05, 0) is 25.1 Å². The van der Waals surface area contributed by atoms with Crippen LogP contribution in [0.15, 0.2) is 33.4 Å². The van der Waals surface area contributed by atoms with Crippen LogP contribution in [0.1, 0.15) is 16.9 Å². The molecule has 2 aromatic heterocycles. The molecule has 0 aliphatic rings. The van der Waals surface area contributed by atoms with E-state index in [9.17, 15) is 4.79 Å². The number of nitrogens with two attached hydrogens (primary N) is 1. The van der Waals surface area contributed by atoms with E-state index < -0.39 is 0 Å². The number of halogens is 1. The first-order chi connectivity index (χ1) is 8.31. The maximum absolute atomic E-state index is 11.6. The van der Waals surface area contributed by atoms with Crippen LogP contribution in [-0.4, -0.2) is 24.2 Å². The molecule has 0 atom stereocenters. The molecule has 2 rings (SSSR count). The van der Waals surface area contributed by atoms with Crippen molar-refractivity contribution in [3.63, 3.8) is 0 Å². The number of hydrogen-bond donors (Lipinski definition) is 2. The number of carbonyl (C=O) groups excluding carboxylic acids is 1. The maximum atomic E-state index is 11.6. The summed E-state index contributed by atoms with van der Waals surface area (Å²) in [6, 6.07) is 5.01. The summed E-state index contributed by atoms with van der Waals surface area (Å²) in [7, 11) is 0. The first-order valence-corrected chi connectivity index (χ1v) is 5.30.